The average Bonchev–Trinajstić information content (AvgIpc) is 3.59. The van der Waals surface area contributed by atoms with Crippen LogP contribution in [0.3, 0.4) is 0 Å². The van der Waals surface area contributed by atoms with Gasteiger partial charge in [0.05, 0.1) is 18.2 Å². The summed E-state index contributed by atoms with van der Waals surface area (Å²) in [7, 11) is 0. The van der Waals surface area contributed by atoms with E-state index in [0.29, 0.717) is 17.4 Å². The van der Waals surface area contributed by atoms with Gasteiger partial charge in [-0.2, -0.15) is 0 Å². The van der Waals surface area contributed by atoms with E-state index in [1.165, 1.54) is 15.9 Å². The first-order valence-electron chi connectivity index (χ1n) is 15.8. The number of carboxylic acids is 1. The second-order valence-corrected chi connectivity index (χ2v) is 11.4. The monoisotopic (exact) mass is 645 g/mol. The number of nitrogens with zero attached hydrogens (tertiary/aromatic N) is 4. The summed E-state index contributed by atoms with van der Waals surface area (Å²) in [6, 6.07) is 17.2. The number of aliphatic carboxylic acids is 1. The maximum atomic E-state index is 13.6. The Kier molecular flexibility index (Phi) is 10.9. The summed E-state index contributed by atoms with van der Waals surface area (Å²) in [5.74, 6) is -2.14. The number of nitrogens with one attached hydrogen (secondary N) is 1. The molecule has 2 aliphatic rings. The molecule has 4 amide bonds. The van der Waals surface area contributed by atoms with Gasteiger partial charge in [0, 0.05) is 50.6 Å². The number of hydrogen-bond donors (Lipinski definition) is 2. The molecule has 0 bridgehead atoms. The number of carboxylic acid groups (broad SMARTS) is 1. The summed E-state index contributed by atoms with van der Waals surface area (Å²) >= 11 is 0. The minimum absolute atomic E-state index is 0.0313. The molecule has 0 aliphatic carbocycles. The number of hydrogen-bond acceptors (Lipinski definition) is 8. The van der Waals surface area contributed by atoms with Crippen LogP contribution in [0, 0.1) is 0 Å². The smallest absolute Gasteiger partial charge is 0.409 e. The molecule has 1 aromatic heterocycles. The molecule has 2 aromatic carbocycles. The maximum Gasteiger partial charge on any atom is 0.409 e. The van der Waals surface area contributed by atoms with Gasteiger partial charge in [-0.1, -0.05) is 42.5 Å². The zero-order valence-electron chi connectivity index (χ0n) is 26.3. The first kappa shape index (κ1) is 33.2. The molecule has 5 rings (SSSR count). The summed E-state index contributed by atoms with van der Waals surface area (Å²) in [6.07, 6.45) is 0.801. The molecule has 3 aromatic rings. The number of carbonyl (C=O) groups is 5. The summed E-state index contributed by atoms with van der Waals surface area (Å²) in [5.41, 5.74) is 1.48. The number of aromatic nitrogens is 1. The van der Waals surface area contributed by atoms with Gasteiger partial charge >= 0.3 is 12.1 Å². The van der Waals surface area contributed by atoms with Crippen molar-refractivity contribution in [2.75, 3.05) is 45.9 Å². The van der Waals surface area contributed by atoms with Gasteiger partial charge in [-0.05, 0) is 43.9 Å². The Morgan fingerprint density at radius 1 is 0.957 bits per heavy atom. The molecule has 2 fully saturated rings. The normalized spacial score (nSPS) is 16.9. The Bertz CT molecular complexity index is 1610. The van der Waals surface area contributed by atoms with Crippen LogP contribution in [-0.4, -0.2) is 107 Å². The van der Waals surface area contributed by atoms with Gasteiger partial charge in [0.15, 0.2) is 6.61 Å². The third kappa shape index (κ3) is 8.15. The molecule has 248 valence electrons. The maximum absolute atomic E-state index is 13.6. The standard InChI is InChI=1S/C34H39N5O8/c1-2-46-34(45)38-19-17-37(18-20-38)33(44)26(14-15-31(41)42)36-32(43)27-21-29(24-11-6-7-12-25(24)35-27)47-22-30(40)39-16-8-13-28(39)23-9-4-3-5-10-23/h3-7,9-12,21,26,28H,2,8,13-20,22H2,1H3,(H,36,43)(H,41,42)/t26?,28-/m0/s1. The number of carbonyl (C=O) groups excluding carboxylic acids is 4. The van der Waals surface area contributed by atoms with Crippen LogP contribution in [0.15, 0.2) is 60.7 Å². The van der Waals surface area contributed by atoms with Crippen molar-refractivity contribution in [1.29, 1.82) is 0 Å². The van der Waals surface area contributed by atoms with Gasteiger partial charge in [-0.3, -0.25) is 19.2 Å². The lowest BCUT2D eigenvalue weighted by molar-refractivity contribution is -0.138. The Labute approximate surface area is 272 Å². The van der Waals surface area contributed by atoms with Gasteiger partial charge in [0.2, 0.25) is 5.91 Å². The number of piperazine rings is 1. The molecule has 1 unspecified atom stereocenters. The second-order valence-electron chi connectivity index (χ2n) is 11.4. The number of ether oxygens (including phenoxy) is 2. The Hall–Kier alpha value is -5.20. The average molecular weight is 646 g/mol. The van der Waals surface area contributed by atoms with Crippen LogP contribution < -0.4 is 10.1 Å². The molecule has 2 saturated heterocycles. The predicted molar refractivity (Wildman–Crippen MR) is 171 cm³/mol. The van der Waals surface area contributed by atoms with E-state index in [1.54, 1.807) is 31.2 Å². The largest absolute Gasteiger partial charge is 0.483 e. The van der Waals surface area contributed by atoms with Crippen molar-refractivity contribution in [3.8, 4) is 5.75 Å². The molecule has 2 N–H and O–H groups in total. The quantitative estimate of drug-likeness (QED) is 0.319. The molecule has 0 spiro atoms. The van der Waals surface area contributed by atoms with Crippen molar-refractivity contribution in [1.82, 2.24) is 25.0 Å². The van der Waals surface area contributed by atoms with Crippen molar-refractivity contribution in [3.05, 3.63) is 71.9 Å². The number of amides is 4. The fourth-order valence-electron chi connectivity index (χ4n) is 5.99. The highest BCUT2D eigenvalue weighted by Gasteiger charge is 2.32. The van der Waals surface area contributed by atoms with Crippen LogP contribution in [0.4, 0.5) is 4.79 Å². The number of benzene rings is 2. The Morgan fingerprint density at radius 2 is 1.66 bits per heavy atom. The molecular weight excluding hydrogens is 606 g/mol. The van der Waals surface area contributed by atoms with Gasteiger partial charge in [-0.15, -0.1) is 0 Å². The fourth-order valence-corrected chi connectivity index (χ4v) is 5.99. The third-order valence-corrected chi connectivity index (χ3v) is 8.39. The van der Waals surface area contributed by atoms with Gasteiger partial charge in [0.1, 0.15) is 17.5 Å². The van der Waals surface area contributed by atoms with E-state index in [-0.39, 0.29) is 75.6 Å². The highest BCUT2D eigenvalue weighted by molar-refractivity contribution is 5.99. The van der Waals surface area contributed by atoms with Crippen molar-refractivity contribution in [3.63, 3.8) is 0 Å². The van der Waals surface area contributed by atoms with Crippen LogP contribution in [0.1, 0.15) is 54.7 Å². The van der Waals surface area contributed by atoms with E-state index in [2.05, 4.69) is 10.3 Å². The van der Waals surface area contributed by atoms with E-state index in [0.717, 1.165) is 18.4 Å². The zero-order chi connectivity index (χ0) is 33.3. The highest BCUT2D eigenvalue weighted by Crippen LogP contribution is 2.32. The van der Waals surface area contributed by atoms with Gasteiger partial charge in [0.25, 0.3) is 11.8 Å². The van der Waals surface area contributed by atoms with Crippen molar-refractivity contribution >= 4 is 40.7 Å². The van der Waals surface area contributed by atoms with Crippen LogP contribution >= 0.6 is 0 Å². The van der Waals surface area contributed by atoms with Crippen LogP contribution in [-0.2, 0) is 19.1 Å². The van der Waals surface area contributed by atoms with Gasteiger partial charge in [-0.25, -0.2) is 9.78 Å². The highest BCUT2D eigenvalue weighted by atomic mass is 16.6. The van der Waals surface area contributed by atoms with Crippen LogP contribution in [0.25, 0.3) is 10.9 Å². The van der Waals surface area contributed by atoms with Crippen molar-refractivity contribution in [2.24, 2.45) is 0 Å². The van der Waals surface area contributed by atoms with Gasteiger partial charge < -0.3 is 34.6 Å². The van der Waals surface area contributed by atoms with E-state index >= 15 is 0 Å². The summed E-state index contributed by atoms with van der Waals surface area (Å²) in [6.45, 7) is 3.24. The Balaban J connectivity index is 1.30. The summed E-state index contributed by atoms with van der Waals surface area (Å²) in [4.78, 5) is 73.1. The SMILES string of the molecule is CCOC(=O)N1CCN(C(=O)C(CCC(=O)O)NC(=O)c2cc(OCC(=O)N3CCC[C@H]3c3ccccc3)c3ccccc3n2)CC1. The molecule has 2 aliphatic heterocycles. The number of para-hydroxylation sites is 1. The van der Waals surface area contributed by atoms with Crippen LogP contribution in [0.2, 0.25) is 0 Å². The summed E-state index contributed by atoms with van der Waals surface area (Å²) in [5, 5.41) is 12.6. The zero-order valence-corrected chi connectivity index (χ0v) is 26.3. The Morgan fingerprint density at radius 3 is 2.38 bits per heavy atom. The van der Waals surface area contributed by atoms with Crippen LogP contribution in [0.5, 0.6) is 5.75 Å². The predicted octanol–water partition coefficient (Wildman–Crippen LogP) is 3.24. The first-order chi connectivity index (χ1) is 22.7. The molecule has 3 heterocycles. The molecular formula is C34H39N5O8. The van der Waals surface area contributed by atoms with E-state index in [1.807, 2.05) is 35.2 Å². The topological polar surface area (TPSA) is 159 Å². The second kappa shape index (κ2) is 15.4. The van der Waals surface area contributed by atoms with Crippen molar-refractivity contribution < 1.29 is 38.6 Å². The minimum atomic E-state index is -1.14. The lowest BCUT2D eigenvalue weighted by Gasteiger charge is -2.35. The molecule has 13 nitrogen and oxygen atoms in total. The van der Waals surface area contributed by atoms with E-state index in [4.69, 9.17) is 9.47 Å². The number of pyridine rings is 1. The van der Waals surface area contributed by atoms with E-state index in [9.17, 15) is 29.1 Å². The minimum Gasteiger partial charge on any atom is -0.483 e. The molecule has 0 saturated carbocycles. The molecule has 47 heavy (non-hydrogen) atoms. The number of rotatable bonds is 11. The number of likely N-dealkylation sites (tertiary alicyclic amines) is 1. The lowest BCUT2D eigenvalue weighted by atomic mass is 10.0. The summed E-state index contributed by atoms with van der Waals surface area (Å²) < 4.78 is 11.1. The lowest BCUT2D eigenvalue weighted by Crippen LogP contribution is -2.56. The molecule has 0 radical (unpaired) electrons. The number of fused-ring (bicyclic) bond motifs is 1. The molecule has 2 atom stereocenters. The van der Waals surface area contributed by atoms with Crippen molar-refractivity contribution in [2.45, 2.75) is 44.7 Å². The molecule has 13 heteroatoms. The fraction of sp³-hybridized carbons (Fsp3) is 0.412. The third-order valence-electron chi connectivity index (χ3n) is 8.39. The van der Waals surface area contributed by atoms with E-state index < -0.39 is 29.9 Å². The first-order valence-corrected chi connectivity index (χ1v) is 15.8.